The van der Waals surface area contributed by atoms with Gasteiger partial charge in [0.1, 0.15) is 6.17 Å². The van der Waals surface area contributed by atoms with Crippen LogP contribution in [0.2, 0.25) is 0 Å². The van der Waals surface area contributed by atoms with Gasteiger partial charge in [0.15, 0.2) is 0 Å². The second-order valence-corrected chi connectivity index (χ2v) is 3.53. The Kier molecular flexibility index (Phi) is 1.91. The van der Waals surface area contributed by atoms with Crippen molar-refractivity contribution in [1.82, 2.24) is 4.31 Å². The third-order valence-electron chi connectivity index (χ3n) is 1.40. The molecule has 0 aliphatic carbocycles. The van der Waals surface area contributed by atoms with Crippen LogP contribution < -0.4 is 0 Å². The molecule has 0 saturated carbocycles. The third-order valence-corrected chi connectivity index (χ3v) is 2.35. The van der Waals surface area contributed by atoms with E-state index in [9.17, 15) is 16.7 Å². The topological polar surface area (TPSA) is 37.4 Å². The highest BCUT2D eigenvalue weighted by molar-refractivity contribution is 7.83. The van der Waals surface area contributed by atoms with E-state index in [1.165, 1.54) is 0 Å². The van der Waals surface area contributed by atoms with Gasteiger partial charge in [-0.1, -0.05) is 3.89 Å². The summed E-state index contributed by atoms with van der Waals surface area (Å²) in [5.74, 6) is 0. The molecule has 1 fully saturated rings. The van der Waals surface area contributed by atoms with E-state index in [0.717, 1.165) is 0 Å². The molecule has 0 N–H and O–H groups in total. The molecule has 0 radical (unpaired) electrons. The molecule has 0 spiro atoms. The largest absolute Gasteiger partial charge is 0.374 e. The minimum absolute atomic E-state index is 0.0417. The summed E-state index contributed by atoms with van der Waals surface area (Å²) in [7, 11) is -4.64. The fourth-order valence-electron chi connectivity index (χ4n) is 0.886. The van der Waals surface area contributed by atoms with Crippen molar-refractivity contribution >= 4 is 10.4 Å². The van der Waals surface area contributed by atoms with Crippen LogP contribution in [-0.2, 0) is 10.4 Å². The zero-order valence-corrected chi connectivity index (χ0v) is 5.94. The van der Waals surface area contributed by atoms with E-state index in [1.807, 2.05) is 0 Å². The molecule has 0 aromatic heterocycles. The van der Waals surface area contributed by atoms with Crippen LogP contribution in [0.5, 0.6) is 0 Å². The standard InChI is InChI=1S/C4H7F2NO2S/c5-4-1-2-7(3-4)10(6,8)9/h4H,1-3H2/t4-/m0/s1. The number of nitrogens with zero attached hydrogens (tertiary/aromatic N) is 1. The number of rotatable bonds is 1. The molecule has 0 bridgehead atoms. The SMILES string of the molecule is O=S(=O)(F)N1CC[C@H](F)C1. The zero-order chi connectivity index (χ0) is 7.78. The predicted molar refractivity (Wildman–Crippen MR) is 31.1 cm³/mol. The molecule has 1 rings (SSSR count). The van der Waals surface area contributed by atoms with Crippen molar-refractivity contribution in [3.63, 3.8) is 0 Å². The summed E-state index contributed by atoms with van der Waals surface area (Å²) in [6.07, 6.45) is -1.10. The predicted octanol–water partition coefficient (Wildman–Crippen LogP) is 0.245. The molecule has 0 aromatic carbocycles. The van der Waals surface area contributed by atoms with Crippen molar-refractivity contribution in [2.24, 2.45) is 0 Å². The van der Waals surface area contributed by atoms with Crippen LogP contribution >= 0.6 is 0 Å². The highest BCUT2D eigenvalue weighted by Crippen LogP contribution is 2.16. The van der Waals surface area contributed by atoms with Gasteiger partial charge in [-0.2, -0.15) is 12.7 Å². The maximum Gasteiger partial charge on any atom is 0.374 e. The van der Waals surface area contributed by atoms with E-state index in [1.54, 1.807) is 0 Å². The molecule has 3 nitrogen and oxygen atoms in total. The van der Waals surface area contributed by atoms with Crippen molar-refractivity contribution in [3.05, 3.63) is 0 Å². The minimum atomic E-state index is -4.64. The maximum absolute atomic E-state index is 12.2. The zero-order valence-electron chi connectivity index (χ0n) is 5.13. The summed E-state index contributed by atoms with van der Waals surface area (Å²) < 4.78 is 44.9. The number of hydrogen-bond acceptors (Lipinski definition) is 2. The number of alkyl halides is 1. The second kappa shape index (κ2) is 2.43. The van der Waals surface area contributed by atoms with Crippen LogP contribution in [-0.4, -0.2) is 32.0 Å². The molecule has 0 amide bonds. The molecule has 1 saturated heterocycles. The first-order valence-electron chi connectivity index (χ1n) is 2.84. The summed E-state index contributed by atoms with van der Waals surface area (Å²) in [6, 6.07) is 0. The fourth-order valence-corrected chi connectivity index (χ4v) is 1.55. The van der Waals surface area contributed by atoms with Crippen LogP contribution in [0.3, 0.4) is 0 Å². The average molecular weight is 171 g/mol. The lowest BCUT2D eigenvalue weighted by Crippen LogP contribution is -2.25. The van der Waals surface area contributed by atoms with Gasteiger partial charge in [-0.15, -0.1) is 0 Å². The van der Waals surface area contributed by atoms with E-state index in [4.69, 9.17) is 0 Å². The van der Waals surface area contributed by atoms with Crippen molar-refractivity contribution in [2.75, 3.05) is 13.1 Å². The minimum Gasteiger partial charge on any atom is -0.246 e. The van der Waals surface area contributed by atoms with Crippen molar-refractivity contribution in [1.29, 1.82) is 0 Å². The molecule has 10 heavy (non-hydrogen) atoms. The Labute approximate surface area is 58.0 Å². The van der Waals surface area contributed by atoms with Gasteiger partial charge in [0, 0.05) is 13.1 Å². The Bertz CT molecular complexity index is 215. The van der Waals surface area contributed by atoms with E-state index in [-0.39, 0.29) is 19.5 Å². The highest BCUT2D eigenvalue weighted by atomic mass is 32.3. The monoisotopic (exact) mass is 171 g/mol. The molecule has 60 valence electrons. The Morgan fingerprint density at radius 2 is 2.10 bits per heavy atom. The first-order valence-corrected chi connectivity index (χ1v) is 4.18. The molecule has 1 heterocycles. The molecule has 0 aromatic rings. The summed E-state index contributed by atoms with van der Waals surface area (Å²) in [4.78, 5) is 0. The third kappa shape index (κ3) is 1.63. The molecule has 6 heteroatoms. The van der Waals surface area contributed by atoms with E-state index < -0.39 is 16.6 Å². The summed E-state index contributed by atoms with van der Waals surface area (Å²) in [5.41, 5.74) is 0. The van der Waals surface area contributed by atoms with Gasteiger partial charge in [-0.3, -0.25) is 0 Å². The molecular formula is C4H7F2NO2S. The Morgan fingerprint density at radius 3 is 2.30 bits per heavy atom. The summed E-state index contributed by atoms with van der Waals surface area (Å²) in [6.45, 7) is -0.376. The molecule has 1 aliphatic rings. The van der Waals surface area contributed by atoms with Gasteiger partial charge in [-0.05, 0) is 6.42 Å². The quantitative estimate of drug-likeness (QED) is 0.530. The Morgan fingerprint density at radius 1 is 1.50 bits per heavy atom. The van der Waals surface area contributed by atoms with Crippen LogP contribution in [0.4, 0.5) is 8.28 Å². The lowest BCUT2D eigenvalue weighted by molar-refractivity contribution is 0.338. The lowest BCUT2D eigenvalue weighted by Gasteiger charge is -2.05. The molecular weight excluding hydrogens is 164 g/mol. The van der Waals surface area contributed by atoms with Gasteiger partial charge >= 0.3 is 10.4 Å². The van der Waals surface area contributed by atoms with Crippen molar-refractivity contribution in [3.8, 4) is 0 Å². The normalized spacial score (nSPS) is 29.2. The van der Waals surface area contributed by atoms with Crippen LogP contribution in [0.15, 0.2) is 0 Å². The number of halogens is 2. The van der Waals surface area contributed by atoms with Crippen LogP contribution in [0.25, 0.3) is 0 Å². The van der Waals surface area contributed by atoms with Crippen LogP contribution in [0.1, 0.15) is 6.42 Å². The first-order chi connectivity index (χ1) is 4.50. The van der Waals surface area contributed by atoms with Gasteiger partial charge in [-0.25, -0.2) is 4.39 Å². The first kappa shape index (κ1) is 7.87. The highest BCUT2D eigenvalue weighted by Gasteiger charge is 2.30. The average Bonchev–Trinajstić information content (AvgIpc) is 2.11. The smallest absolute Gasteiger partial charge is 0.246 e. The van der Waals surface area contributed by atoms with Gasteiger partial charge in [0.05, 0.1) is 0 Å². The molecule has 0 unspecified atom stereocenters. The summed E-state index contributed by atoms with van der Waals surface area (Å²) >= 11 is 0. The van der Waals surface area contributed by atoms with E-state index >= 15 is 0 Å². The Balaban J connectivity index is 2.62. The van der Waals surface area contributed by atoms with E-state index in [0.29, 0.717) is 4.31 Å². The van der Waals surface area contributed by atoms with Gasteiger partial charge in [0.25, 0.3) is 0 Å². The molecule has 1 aliphatic heterocycles. The lowest BCUT2D eigenvalue weighted by atomic mass is 10.4. The van der Waals surface area contributed by atoms with Gasteiger partial charge < -0.3 is 0 Å². The van der Waals surface area contributed by atoms with Crippen LogP contribution in [0, 0.1) is 0 Å². The second-order valence-electron chi connectivity index (χ2n) is 2.19. The fraction of sp³-hybridized carbons (Fsp3) is 1.00. The van der Waals surface area contributed by atoms with Gasteiger partial charge in [0.2, 0.25) is 0 Å². The molecule has 1 atom stereocenters. The Hall–Kier alpha value is -0.230. The van der Waals surface area contributed by atoms with Crippen molar-refractivity contribution < 1.29 is 16.7 Å². The number of hydrogen-bond donors (Lipinski definition) is 0. The maximum atomic E-state index is 12.2. The van der Waals surface area contributed by atoms with E-state index in [2.05, 4.69) is 0 Å². The van der Waals surface area contributed by atoms with Crippen molar-refractivity contribution in [2.45, 2.75) is 12.6 Å². The summed E-state index contributed by atoms with van der Waals surface area (Å²) in [5, 5.41) is 0.